The zero-order valence-electron chi connectivity index (χ0n) is 22.1. The monoisotopic (exact) mass is 565 g/mol. The molecule has 1 aromatic heterocycles. The van der Waals surface area contributed by atoms with E-state index < -0.39 is 17.1 Å². The quantitative estimate of drug-likeness (QED) is 0.278. The number of likely N-dealkylation sites (tertiary alicyclic amines) is 2. The normalized spacial score (nSPS) is 20.5. The fourth-order valence-corrected chi connectivity index (χ4v) is 6.32. The second kappa shape index (κ2) is 12.4. The number of carbonyl (C=O) groups excluding carboxylic acids is 2. The average molecular weight is 566 g/mol. The van der Waals surface area contributed by atoms with Crippen LogP contribution in [-0.2, 0) is 21.9 Å². The summed E-state index contributed by atoms with van der Waals surface area (Å²) in [5.74, 6) is 1.47. The van der Waals surface area contributed by atoms with E-state index in [0.717, 1.165) is 23.5 Å². The lowest BCUT2D eigenvalue weighted by Crippen LogP contribution is -2.47. The molecule has 11 nitrogen and oxygen atoms in total. The summed E-state index contributed by atoms with van der Waals surface area (Å²) in [6, 6.07) is 13.3. The second-order valence-electron chi connectivity index (χ2n) is 9.90. The Bertz CT molecular complexity index is 1320. The minimum Gasteiger partial charge on any atom is -0.497 e. The van der Waals surface area contributed by atoms with Crippen LogP contribution in [0.15, 0.2) is 67.3 Å². The van der Waals surface area contributed by atoms with E-state index in [1.807, 2.05) is 39.9 Å². The summed E-state index contributed by atoms with van der Waals surface area (Å²) < 4.78 is 12.8. The molecule has 2 saturated heterocycles. The van der Waals surface area contributed by atoms with Crippen molar-refractivity contribution in [2.24, 2.45) is 0 Å². The highest BCUT2D eigenvalue weighted by Gasteiger charge is 2.43. The molecule has 3 atom stereocenters. The van der Waals surface area contributed by atoms with Crippen molar-refractivity contribution in [3.8, 4) is 5.75 Å². The zero-order chi connectivity index (χ0) is 28.1. The number of non-ortho nitro benzene ring substituents is 1. The molecule has 0 bridgehead atoms. The molecule has 2 aromatic carbocycles. The van der Waals surface area contributed by atoms with Gasteiger partial charge >= 0.3 is 6.09 Å². The molecular weight excluding hydrogens is 534 g/mol. The first-order valence-corrected chi connectivity index (χ1v) is 14.1. The first-order chi connectivity index (χ1) is 19.4. The van der Waals surface area contributed by atoms with Crippen molar-refractivity contribution in [2.75, 3.05) is 26.7 Å². The van der Waals surface area contributed by atoms with Gasteiger partial charge in [0.1, 0.15) is 18.4 Å². The Balaban J connectivity index is 1.24. The minimum absolute atomic E-state index is 0.0309. The van der Waals surface area contributed by atoms with Crippen molar-refractivity contribution in [3.63, 3.8) is 0 Å². The van der Waals surface area contributed by atoms with Crippen LogP contribution in [0, 0.1) is 10.1 Å². The Morgan fingerprint density at radius 2 is 1.85 bits per heavy atom. The molecule has 0 saturated carbocycles. The third-order valence-electron chi connectivity index (χ3n) is 7.36. The van der Waals surface area contributed by atoms with Gasteiger partial charge in [-0.2, -0.15) is 11.8 Å². The third-order valence-corrected chi connectivity index (χ3v) is 8.67. The van der Waals surface area contributed by atoms with Gasteiger partial charge in [0, 0.05) is 55.2 Å². The number of hydrogen-bond donors (Lipinski definition) is 0. The van der Waals surface area contributed by atoms with Gasteiger partial charge < -0.3 is 18.9 Å². The maximum Gasteiger partial charge on any atom is 0.410 e. The Hall–Kier alpha value is -4.06. The molecule has 3 aromatic rings. The van der Waals surface area contributed by atoms with Crippen LogP contribution in [0.3, 0.4) is 0 Å². The number of thioether (sulfide) groups is 1. The van der Waals surface area contributed by atoms with Crippen molar-refractivity contribution in [1.82, 2.24) is 19.4 Å². The molecule has 12 heteroatoms. The Morgan fingerprint density at radius 1 is 1.10 bits per heavy atom. The Morgan fingerprint density at radius 3 is 2.52 bits per heavy atom. The summed E-state index contributed by atoms with van der Waals surface area (Å²) in [6.07, 6.45) is 6.21. The maximum absolute atomic E-state index is 13.7. The molecular formula is C28H31N5O6S. The molecule has 5 rings (SSSR count). The van der Waals surface area contributed by atoms with Crippen molar-refractivity contribution < 1.29 is 24.0 Å². The van der Waals surface area contributed by atoms with Gasteiger partial charge in [-0.15, -0.1) is 0 Å². The lowest BCUT2D eigenvalue weighted by atomic mass is 10.2. The van der Waals surface area contributed by atoms with E-state index in [0.29, 0.717) is 31.6 Å². The van der Waals surface area contributed by atoms with E-state index in [-0.39, 0.29) is 29.5 Å². The van der Waals surface area contributed by atoms with Gasteiger partial charge in [-0.1, -0.05) is 12.1 Å². The number of methoxy groups -OCH3 is 1. The predicted molar refractivity (Wildman–Crippen MR) is 149 cm³/mol. The molecule has 0 radical (unpaired) electrons. The van der Waals surface area contributed by atoms with Crippen LogP contribution in [0.5, 0.6) is 5.75 Å². The number of ether oxygens (including phenoxy) is 2. The predicted octanol–water partition coefficient (Wildman–Crippen LogP) is 4.29. The van der Waals surface area contributed by atoms with Gasteiger partial charge in [0.05, 0.1) is 24.4 Å². The van der Waals surface area contributed by atoms with E-state index >= 15 is 0 Å². The number of amides is 2. The number of nitro groups is 1. The number of imidazole rings is 1. The van der Waals surface area contributed by atoms with Gasteiger partial charge in [-0.25, -0.2) is 9.78 Å². The van der Waals surface area contributed by atoms with Crippen molar-refractivity contribution in [3.05, 3.63) is 88.5 Å². The molecule has 3 heterocycles. The lowest BCUT2D eigenvalue weighted by Gasteiger charge is -2.27. The summed E-state index contributed by atoms with van der Waals surface area (Å²) >= 11 is 1.72. The summed E-state index contributed by atoms with van der Waals surface area (Å²) in [7, 11) is 1.63. The van der Waals surface area contributed by atoms with Gasteiger partial charge in [0.2, 0.25) is 5.91 Å². The zero-order valence-corrected chi connectivity index (χ0v) is 22.9. The number of rotatable bonds is 9. The fourth-order valence-electron chi connectivity index (χ4n) is 5.11. The minimum atomic E-state index is -0.612. The van der Waals surface area contributed by atoms with Gasteiger partial charge in [0.25, 0.3) is 5.69 Å². The summed E-state index contributed by atoms with van der Waals surface area (Å²) in [5, 5.41) is 11.0. The Kier molecular flexibility index (Phi) is 8.54. The topological polar surface area (TPSA) is 120 Å². The van der Waals surface area contributed by atoms with Crippen LogP contribution in [0.4, 0.5) is 10.5 Å². The van der Waals surface area contributed by atoms with Gasteiger partial charge in [-0.05, 0) is 48.2 Å². The molecule has 2 fully saturated rings. The molecule has 0 spiro atoms. The van der Waals surface area contributed by atoms with E-state index in [2.05, 4.69) is 4.98 Å². The first-order valence-electron chi connectivity index (χ1n) is 13.1. The maximum atomic E-state index is 13.7. The van der Waals surface area contributed by atoms with E-state index in [9.17, 15) is 19.7 Å². The molecule has 0 unspecified atom stereocenters. The highest BCUT2D eigenvalue weighted by Crippen LogP contribution is 2.33. The average Bonchev–Trinajstić information content (AvgIpc) is 3.76. The molecule has 210 valence electrons. The number of nitrogens with zero attached hydrogens (tertiary/aromatic N) is 5. The number of aromatic nitrogens is 2. The number of carbonyl (C=O) groups is 2. The van der Waals surface area contributed by atoms with Gasteiger partial charge in [-0.3, -0.25) is 19.8 Å². The van der Waals surface area contributed by atoms with Crippen molar-refractivity contribution >= 4 is 29.4 Å². The number of benzene rings is 2. The van der Waals surface area contributed by atoms with Crippen LogP contribution < -0.4 is 4.74 Å². The van der Waals surface area contributed by atoms with Crippen molar-refractivity contribution in [1.29, 1.82) is 0 Å². The number of nitro benzene ring substituents is 1. The van der Waals surface area contributed by atoms with E-state index in [4.69, 9.17) is 9.47 Å². The highest BCUT2D eigenvalue weighted by molar-refractivity contribution is 7.99. The SMILES string of the molecule is COc1ccc(CS[C@H]2C[C@@H](C(=O)N3CC[C@H](n4ccnc4)C3)N(C(=O)OCc3ccc([N+](=O)[O-])cc3)C2)cc1. The van der Waals surface area contributed by atoms with Crippen LogP contribution in [0.25, 0.3) is 0 Å². The largest absolute Gasteiger partial charge is 0.497 e. The molecule has 2 amide bonds. The molecule has 40 heavy (non-hydrogen) atoms. The van der Waals surface area contributed by atoms with Crippen LogP contribution in [-0.4, -0.2) is 74.3 Å². The van der Waals surface area contributed by atoms with E-state index in [1.165, 1.54) is 12.1 Å². The highest BCUT2D eigenvalue weighted by atomic mass is 32.2. The van der Waals surface area contributed by atoms with Crippen LogP contribution in [0.2, 0.25) is 0 Å². The standard InChI is InChI=1S/C28H31N5O6S/c1-38-24-8-4-21(5-9-24)18-40-25-14-26(27(34)30-12-10-23(15-30)31-13-11-29-19-31)32(16-25)28(35)39-17-20-2-6-22(7-3-20)33(36)37/h2-9,11,13,19,23,25-26H,10,12,14-18H2,1H3/t23-,25-,26-/m0/s1. The fraction of sp³-hybridized carbons (Fsp3) is 0.393. The Labute approximate surface area is 236 Å². The lowest BCUT2D eigenvalue weighted by molar-refractivity contribution is -0.384. The molecule has 2 aliphatic heterocycles. The van der Waals surface area contributed by atoms with E-state index in [1.54, 1.807) is 48.4 Å². The number of hydrogen-bond acceptors (Lipinski definition) is 8. The molecule has 2 aliphatic rings. The summed E-state index contributed by atoms with van der Waals surface area (Å²) in [6.45, 7) is 1.55. The first kappa shape index (κ1) is 27.5. The summed E-state index contributed by atoms with van der Waals surface area (Å²) in [5.41, 5.74) is 1.74. The van der Waals surface area contributed by atoms with Crippen LogP contribution >= 0.6 is 11.8 Å². The molecule has 0 N–H and O–H groups in total. The second-order valence-corrected chi connectivity index (χ2v) is 11.2. The smallest absolute Gasteiger partial charge is 0.410 e. The third kappa shape index (κ3) is 6.39. The molecule has 0 aliphatic carbocycles. The summed E-state index contributed by atoms with van der Waals surface area (Å²) in [4.78, 5) is 44.9. The van der Waals surface area contributed by atoms with Crippen molar-refractivity contribution in [2.45, 2.75) is 42.5 Å². The van der Waals surface area contributed by atoms with Gasteiger partial charge in [0.15, 0.2) is 0 Å². The van der Waals surface area contributed by atoms with Crippen LogP contribution in [0.1, 0.15) is 30.0 Å².